The van der Waals surface area contributed by atoms with Crippen molar-refractivity contribution in [3.05, 3.63) is 35.4 Å². The number of rotatable bonds is 6. The number of piperidine rings is 1. The van der Waals surface area contributed by atoms with Crippen molar-refractivity contribution in [1.82, 2.24) is 15.1 Å². The van der Waals surface area contributed by atoms with Crippen LogP contribution >= 0.6 is 0 Å². The van der Waals surface area contributed by atoms with Gasteiger partial charge in [0.1, 0.15) is 0 Å². The zero-order valence-electron chi connectivity index (χ0n) is 19.6. The molecule has 7 heteroatoms. The quantitative estimate of drug-likeness (QED) is 0.688. The normalized spacial score (nSPS) is 19.9. The average Bonchev–Trinajstić information content (AvgIpc) is 3.15. The van der Waals surface area contributed by atoms with E-state index >= 15 is 0 Å². The summed E-state index contributed by atoms with van der Waals surface area (Å²) in [5.41, 5.74) is 1.45. The maximum atomic E-state index is 12.9. The van der Waals surface area contributed by atoms with Gasteiger partial charge in [0.15, 0.2) is 5.78 Å². The fourth-order valence-corrected chi connectivity index (χ4v) is 4.43. The highest BCUT2D eigenvalue weighted by atomic mass is 16.2. The van der Waals surface area contributed by atoms with Crippen molar-refractivity contribution >= 4 is 23.5 Å². The highest BCUT2D eigenvalue weighted by Gasteiger charge is 2.41. The molecule has 7 nitrogen and oxygen atoms in total. The molecule has 2 fully saturated rings. The number of likely N-dealkylation sites (tertiary alicyclic amines) is 2. The molecule has 0 bridgehead atoms. The Balaban J connectivity index is 1.40. The molecule has 1 atom stereocenters. The highest BCUT2D eigenvalue weighted by molar-refractivity contribution is 5.98. The van der Waals surface area contributed by atoms with Crippen LogP contribution in [0.15, 0.2) is 24.3 Å². The molecular weight excluding hydrogens is 406 g/mol. The molecule has 1 aromatic carbocycles. The van der Waals surface area contributed by atoms with Crippen LogP contribution in [0.3, 0.4) is 0 Å². The van der Waals surface area contributed by atoms with Crippen molar-refractivity contribution in [1.29, 1.82) is 0 Å². The Hall–Kier alpha value is -2.70. The molecule has 2 heterocycles. The molecule has 174 valence electrons. The smallest absolute Gasteiger partial charge is 0.227 e. The molecule has 0 saturated carbocycles. The number of hydrogen-bond acceptors (Lipinski definition) is 4. The molecule has 0 radical (unpaired) electrons. The second kappa shape index (κ2) is 9.84. The first-order valence-corrected chi connectivity index (χ1v) is 11.5. The lowest BCUT2D eigenvalue weighted by Gasteiger charge is -2.35. The van der Waals surface area contributed by atoms with Crippen molar-refractivity contribution in [2.24, 2.45) is 5.92 Å². The van der Waals surface area contributed by atoms with Gasteiger partial charge in [-0.15, -0.1) is 0 Å². The third kappa shape index (κ3) is 5.96. The van der Waals surface area contributed by atoms with Crippen LogP contribution in [0.25, 0.3) is 0 Å². The molecule has 1 aromatic rings. The molecule has 32 heavy (non-hydrogen) atoms. The molecule has 1 N–H and O–H groups in total. The Labute approximate surface area is 190 Å². The number of aryl methyl sites for hydroxylation is 1. The van der Waals surface area contributed by atoms with Crippen LogP contribution in [0.4, 0.5) is 0 Å². The molecule has 2 aliphatic rings. The van der Waals surface area contributed by atoms with Gasteiger partial charge < -0.3 is 15.1 Å². The van der Waals surface area contributed by atoms with E-state index in [2.05, 4.69) is 5.32 Å². The second-order valence-electron chi connectivity index (χ2n) is 10.0. The number of benzene rings is 1. The Bertz CT molecular complexity index is 864. The fourth-order valence-electron chi connectivity index (χ4n) is 4.43. The molecular formula is C25H35N3O4. The second-order valence-corrected chi connectivity index (χ2v) is 10.0. The minimum atomic E-state index is -0.277. The molecule has 3 amide bonds. The van der Waals surface area contributed by atoms with E-state index in [0.717, 1.165) is 5.56 Å². The van der Waals surface area contributed by atoms with Gasteiger partial charge in [0.05, 0.1) is 5.92 Å². The number of ketones is 1. The van der Waals surface area contributed by atoms with Gasteiger partial charge >= 0.3 is 0 Å². The number of nitrogens with zero attached hydrogens (tertiary/aromatic N) is 2. The molecule has 2 aliphatic heterocycles. The lowest BCUT2D eigenvalue weighted by atomic mass is 10.0. The van der Waals surface area contributed by atoms with Crippen LogP contribution in [0, 0.1) is 12.8 Å². The molecule has 0 aromatic heterocycles. The maximum Gasteiger partial charge on any atom is 0.227 e. The van der Waals surface area contributed by atoms with E-state index < -0.39 is 0 Å². The largest absolute Gasteiger partial charge is 0.353 e. The maximum absolute atomic E-state index is 12.9. The first-order valence-electron chi connectivity index (χ1n) is 11.5. The van der Waals surface area contributed by atoms with E-state index in [-0.39, 0.29) is 60.3 Å². The van der Waals surface area contributed by atoms with Crippen molar-refractivity contribution < 1.29 is 19.2 Å². The van der Waals surface area contributed by atoms with E-state index in [4.69, 9.17) is 0 Å². The zero-order valence-corrected chi connectivity index (χ0v) is 19.6. The summed E-state index contributed by atoms with van der Waals surface area (Å²) in [4.78, 5) is 53.4. The molecule has 0 spiro atoms. The predicted octanol–water partition coefficient (Wildman–Crippen LogP) is 2.71. The zero-order chi connectivity index (χ0) is 23.5. The summed E-state index contributed by atoms with van der Waals surface area (Å²) in [6.45, 7) is 9.56. The Morgan fingerprint density at radius 1 is 1.03 bits per heavy atom. The lowest BCUT2D eigenvalue weighted by molar-refractivity contribution is -0.137. The summed E-state index contributed by atoms with van der Waals surface area (Å²) in [5.74, 6) is -0.356. The topological polar surface area (TPSA) is 86.8 Å². The summed E-state index contributed by atoms with van der Waals surface area (Å²) in [5, 5.41) is 3.01. The summed E-state index contributed by atoms with van der Waals surface area (Å²) < 4.78 is 0. The summed E-state index contributed by atoms with van der Waals surface area (Å²) in [6, 6.07) is 7.38. The van der Waals surface area contributed by atoms with Gasteiger partial charge in [0.25, 0.3) is 0 Å². The number of carbonyl (C=O) groups excluding carboxylic acids is 4. The van der Waals surface area contributed by atoms with Gasteiger partial charge in [-0.1, -0.05) is 29.8 Å². The first kappa shape index (κ1) is 24.0. The molecule has 0 aliphatic carbocycles. The molecule has 3 rings (SSSR count). The minimum absolute atomic E-state index is 0.0114. The van der Waals surface area contributed by atoms with Crippen LogP contribution in [-0.2, 0) is 14.4 Å². The standard InChI is InChI=1S/C25H35N3O4/c1-17-5-7-18(8-6-17)21(29)9-10-22(30)26-20-11-13-27(14-12-20)24(32)19-15-23(31)28(16-19)25(2,3)4/h5-8,19-20H,9-16H2,1-4H3,(H,26,30). The van der Waals surface area contributed by atoms with E-state index in [1.807, 2.05) is 44.7 Å². The van der Waals surface area contributed by atoms with Crippen molar-refractivity contribution in [2.45, 2.75) is 71.4 Å². The predicted molar refractivity (Wildman–Crippen MR) is 122 cm³/mol. The van der Waals surface area contributed by atoms with Gasteiger partial charge in [-0.2, -0.15) is 0 Å². The molecule has 2 saturated heterocycles. The van der Waals surface area contributed by atoms with E-state index in [1.165, 1.54) is 0 Å². The number of nitrogens with one attached hydrogen (secondary N) is 1. The third-order valence-corrected chi connectivity index (χ3v) is 6.41. The highest BCUT2D eigenvalue weighted by Crippen LogP contribution is 2.28. The van der Waals surface area contributed by atoms with Crippen LogP contribution in [0.5, 0.6) is 0 Å². The van der Waals surface area contributed by atoms with Gasteiger partial charge in [-0.3, -0.25) is 19.2 Å². The van der Waals surface area contributed by atoms with Crippen LogP contribution in [0.1, 0.15) is 68.8 Å². The summed E-state index contributed by atoms with van der Waals surface area (Å²) in [7, 11) is 0. The first-order chi connectivity index (χ1) is 15.0. The number of hydrogen-bond donors (Lipinski definition) is 1. The van der Waals surface area contributed by atoms with Crippen LogP contribution in [0.2, 0.25) is 0 Å². The summed E-state index contributed by atoms with van der Waals surface area (Å²) in [6.07, 6.45) is 2.01. The Kier molecular flexibility index (Phi) is 7.36. The number of Topliss-reactive ketones (excluding diaryl/α,β-unsaturated/α-hetero) is 1. The average molecular weight is 442 g/mol. The van der Waals surface area contributed by atoms with Crippen LogP contribution < -0.4 is 5.32 Å². The SMILES string of the molecule is Cc1ccc(C(=O)CCC(=O)NC2CCN(C(=O)C3CC(=O)N(C(C)(C)C)C3)CC2)cc1. The monoisotopic (exact) mass is 441 g/mol. The van der Waals surface area contributed by atoms with E-state index in [0.29, 0.717) is 38.0 Å². The van der Waals surface area contributed by atoms with Crippen molar-refractivity contribution in [2.75, 3.05) is 19.6 Å². The van der Waals surface area contributed by atoms with Gasteiger partial charge in [0.2, 0.25) is 17.7 Å². The fraction of sp³-hybridized carbons (Fsp3) is 0.600. The number of carbonyl (C=O) groups is 4. The minimum Gasteiger partial charge on any atom is -0.353 e. The third-order valence-electron chi connectivity index (χ3n) is 6.41. The Morgan fingerprint density at radius 2 is 1.66 bits per heavy atom. The lowest BCUT2D eigenvalue weighted by Crippen LogP contribution is -2.48. The van der Waals surface area contributed by atoms with E-state index in [1.54, 1.807) is 17.0 Å². The van der Waals surface area contributed by atoms with Gasteiger partial charge in [-0.25, -0.2) is 0 Å². The van der Waals surface area contributed by atoms with E-state index in [9.17, 15) is 19.2 Å². The Morgan fingerprint density at radius 3 is 2.22 bits per heavy atom. The van der Waals surface area contributed by atoms with Gasteiger partial charge in [0, 0.05) is 56.0 Å². The summed E-state index contributed by atoms with van der Waals surface area (Å²) >= 11 is 0. The van der Waals surface area contributed by atoms with Gasteiger partial charge in [-0.05, 0) is 40.5 Å². The number of amides is 3. The van der Waals surface area contributed by atoms with Crippen LogP contribution in [-0.4, -0.2) is 64.5 Å². The van der Waals surface area contributed by atoms with Crippen molar-refractivity contribution in [3.8, 4) is 0 Å². The van der Waals surface area contributed by atoms with Crippen molar-refractivity contribution in [3.63, 3.8) is 0 Å². The molecule has 1 unspecified atom stereocenters.